The van der Waals surface area contributed by atoms with Gasteiger partial charge in [-0.25, -0.2) is 4.21 Å². The summed E-state index contributed by atoms with van der Waals surface area (Å²) in [5.74, 6) is -7.25. The van der Waals surface area contributed by atoms with Gasteiger partial charge in [0.1, 0.15) is 18.1 Å². The van der Waals surface area contributed by atoms with Crippen molar-refractivity contribution in [1.29, 1.82) is 0 Å². The molecule has 0 aromatic heterocycles. The number of hydrogen-bond acceptors (Lipinski definition) is 6. The second kappa shape index (κ2) is 6.16. The minimum Gasteiger partial charge on any atom is -0.465 e. The van der Waals surface area contributed by atoms with Crippen LogP contribution in [0, 0.1) is 11.8 Å². The van der Waals surface area contributed by atoms with Crippen LogP contribution in [0.25, 0.3) is 0 Å². The first kappa shape index (κ1) is 18.5. The van der Waals surface area contributed by atoms with Crippen LogP contribution in [0.3, 0.4) is 0 Å². The van der Waals surface area contributed by atoms with Gasteiger partial charge in [0, 0.05) is 6.42 Å². The zero-order valence-corrected chi connectivity index (χ0v) is 13.3. The quantitative estimate of drug-likeness (QED) is 0.301. The fraction of sp³-hybridized carbons (Fsp3) is 0.846. The van der Waals surface area contributed by atoms with E-state index in [1.54, 1.807) is 0 Å². The van der Waals surface area contributed by atoms with E-state index in [2.05, 4.69) is 0 Å². The van der Waals surface area contributed by atoms with Crippen LogP contribution in [0.4, 0.5) is 17.6 Å². The number of rotatable bonds is 7. The topological polar surface area (TPSA) is 99.1 Å². The lowest BCUT2D eigenvalue weighted by Crippen LogP contribution is -2.44. The Labute approximate surface area is 141 Å². The molecular formula is C13H14F4O7S. The lowest BCUT2D eigenvalue weighted by Gasteiger charge is -2.23. The van der Waals surface area contributed by atoms with Gasteiger partial charge < -0.3 is 18.8 Å². The third kappa shape index (κ3) is 2.93. The summed E-state index contributed by atoms with van der Waals surface area (Å²) in [4.78, 5) is 23.6. The van der Waals surface area contributed by atoms with Crippen LogP contribution in [0.2, 0.25) is 0 Å². The Morgan fingerprint density at radius 2 is 2.00 bits per heavy atom. The number of hydrogen-bond donors (Lipinski definition) is 1. The van der Waals surface area contributed by atoms with Crippen molar-refractivity contribution in [2.75, 3.05) is 6.61 Å². The predicted molar refractivity (Wildman–Crippen MR) is 71.0 cm³/mol. The Morgan fingerprint density at radius 1 is 1.32 bits per heavy atom. The van der Waals surface area contributed by atoms with Crippen LogP contribution < -0.4 is 0 Å². The SMILES string of the molecule is O=C1OC2C3OC(CC13)C2C(=O)OCCCC(F)(F)C(F)(F)S(=O)O. The lowest BCUT2D eigenvalue weighted by atomic mass is 9.82. The highest BCUT2D eigenvalue weighted by Gasteiger charge is 2.66. The van der Waals surface area contributed by atoms with Gasteiger partial charge in [0.2, 0.25) is 11.1 Å². The summed E-state index contributed by atoms with van der Waals surface area (Å²) in [6.07, 6.45) is -3.61. The molecular weight excluding hydrogens is 376 g/mol. The molecule has 3 rings (SSSR count). The van der Waals surface area contributed by atoms with Crippen LogP contribution in [0.5, 0.6) is 0 Å². The van der Waals surface area contributed by atoms with E-state index < -0.39 is 83.8 Å². The first-order valence-corrected chi connectivity index (χ1v) is 8.56. The summed E-state index contributed by atoms with van der Waals surface area (Å²) in [6, 6.07) is 0. The minimum atomic E-state index is -5.09. The van der Waals surface area contributed by atoms with Gasteiger partial charge in [-0.05, 0) is 12.8 Å². The second-order valence-corrected chi connectivity index (χ2v) is 7.16. The van der Waals surface area contributed by atoms with Gasteiger partial charge in [0.15, 0.2) is 0 Å². The molecule has 0 aromatic rings. The number of carbonyl (C=O) groups excluding carboxylic acids is 2. The third-order valence-corrected chi connectivity index (χ3v) is 5.38. The van der Waals surface area contributed by atoms with Crippen molar-refractivity contribution >= 4 is 23.0 Å². The largest absolute Gasteiger partial charge is 0.465 e. The van der Waals surface area contributed by atoms with Gasteiger partial charge in [-0.2, -0.15) is 17.6 Å². The zero-order chi connectivity index (χ0) is 18.6. The van der Waals surface area contributed by atoms with Crippen molar-refractivity contribution in [2.45, 2.75) is 48.8 Å². The minimum absolute atomic E-state index is 0.312. The first-order chi connectivity index (χ1) is 11.6. The number of esters is 2. The van der Waals surface area contributed by atoms with Gasteiger partial charge >= 0.3 is 23.1 Å². The molecule has 3 aliphatic heterocycles. The van der Waals surface area contributed by atoms with Crippen LogP contribution in [-0.4, -0.2) is 56.8 Å². The molecule has 25 heavy (non-hydrogen) atoms. The summed E-state index contributed by atoms with van der Waals surface area (Å²) in [5.41, 5.74) is 0. The Bertz CT molecular complexity index is 613. The monoisotopic (exact) mass is 390 g/mol. The molecule has 1 N–H and O–H groups in total. The molecule has 142 valence electrons. The summed E-state index contributed by atoms with van der Waals surface area (Å²) in [5, 5.41) is -5.09. The Kier molecular flexibility index (Phi) is 4.57. The highest BCUT2D eigenvalue weighted by molar-refractivity contribution is 7.80. The van der Waals surface area contributed by atoms with Crippen LogP contribution in [0.15, 0.2) is 0 Å². The molecule has 6 unspecified atom stereocenters. The molecule has 3 aliphatic rings. The van der Waals surface area contributed by atoms with Crippen LogP contribution in [0.1, 0.15) is 19.3 Å². The Hall–Kier alpha value is -1.27. The van der Waals surface area contributed by atoms with Crippen molar-refractivity contribution in [1.82, 2.24) is 0 Å². The van der Waals surface area contributed by atoms with Crippen molar-refractivity contribution in [2.24, 2.45) is 11.8 Å². The highest BCUT2D eigenvalue weighted by atomic mass is 32.2. The van der Waals surface area contributed by atoms with Gasteiger partial charge in [-0.3, -0.25) is 9.59 Å². The average molecular weight is 390 g/mol. The van der Waals surface area contributed by atoms with E-state index in [9.17, 15) is 31.4 Å². The molecule has 3 saturated heterocycles. The van der Waals surface area contributed by atoms with E-state index in [-0.39, 0.29) is 0 Å². The maximum atomic E-state index is 13.2. The van der Waals surface area contributed by atoms with Crippen molar-refractivity contribution in [3.05, 3.63) is 0 Å². The standard InChI is InChI=1S/C13H14F4O7S/c14-12(15,13(16,17)25(20)21)2-1-3-22-11(19)7-6-4-5-8(23-6)9(7)24-10(5)18/h5-9H,1-4H2,(H,20,21). The van der Waals surface area contributed by atoms with E-state index in [0.717, 1.165) is 0 Å². The second-order valence-electron chi connectivity index (χ2n) is 6.15. The van der Waals surface area contributed by atoms with E-state index in [4.69, 9.17) is 18.8 Å². The Balaban J connectivity index is 1.48. The van der Waals surface area contributed by atoms with Crippen molar-refractivity contribution in [3.8, 4) is 0 Å². The van der Waals surface area contributed by atoms with Gasteiger partial charge in [-0.1, -0.05) is 0 Å². The first-order valence-electron chi connectivity index (χ1n) is 7.45. The smallest absolute Gasteiger partial charge is 0.406 e. The summed E-state index contributed by atoms with van der Waals surface area (Å²) < 4.78 is 86.2. The molecule has 0 saturated carbocycles. The molecule has 12 heteroatoms. The van der Waals surface area contributed by atoms with Gasteiger partial charge in [0.25, 0.3) is 0 Å². The maximum absolute atomic E-state index is 13.2. The number of ether oxygens (including phenoxy) is 3. The normalized spacial score (nSPS) is 34.9. The number of halogens is 4. The third-order valence-electron chi connectivity index (χ3n) is 4.64. The van der Waals surface area contributed by atoms with Crippen molar-refractivity contribution < 1.29 is 50.1 Å². The van der Waals surface area contributed by atoms with E-state index in [0.29, 0.717) is 6.42 Å². The molecule has 0 aliphatic carbocycles. The zero-order valence-electron chi connectivity index (χ0n) is 12.5. The summed E-state index contributed by atoms with van der Waals surface area (Å²) in [6.45, 7) is -0.583. The molecule has 2 bridgehead atoms. The molecule has 3 heterocycles. The summed E-state index contributed by atoms with van der Waals surface area (Å²) in [7, 11) is 0. The molecule has 6 atom stereocenters. The Morgan fingerprint density at radius 3 is 2.64 bits per heavy atom. The summed E-state index contributed by atoms with van der Waals surface area (Å²) >= 11 is -4.02. The van der Waals surface area contributed by atoms with Crippen molar-refractivity contribution in [3.63, 3.8) is 0 Å². The maximum Gasteiger partial charge on any atom is 0.406 e. The van der Waals surface area contributed by atoms with Crippen LogP contribution in [-0.2, 0) is 34.9 Å². The molecule has 0 radical (unpaired) electrons. The number of alkyl halides is 4. The molecule has 7 nitrogen and oxygen atoms in total. The number of fused-ring (bicyclic) bond motifs is 1. The molecule has 3 fully saturated rings. The average Bonchev–Trinajstić information content (AvgIpc) is 3.13. The van der Waals surface area contributed by atoms with E-state index >= 15 is 0 Å². The fourth-order valence-corrected chi connectivity index (χ4v) is 3.76. The van der Waals surface area contributed by atoms with E-state index in [1.165, 1.54) is 0 Å². The molecule has 0 aromatic carbocycles. The number of carbonyl (C=O) groups is 2. The molecule has 0 amide bonds. The fourth-order valence-electron chi connectivity index (χ4n) is 3.40. The predicted octanol–water partition coefficient (Wildman–Crippen LogP) is 1.09. The van der Waals surface area contributed by atoms with Crippen LogP contribution >= 0.6 is 0 Å². The van der Waals surface area contributed by atoms with Gasteiger partial charge in [0.05, 0.1) is 18.6 Å². The lowest BCUT2D eigenvalue weighted by molar-refractivity contribution is -0.167. The molecule has 0 spiro atoms. The van der Waals surface area contributed by atoms with Gasteiger partial charge in [-0.15, -0.1) is 0 Å². The van der Waals surface area contributed by atoms with E-state index in [1.807, 2.05) is 0 Å². The highest BCUT2D eigenvalue weighted by Crippen LogP contribution is 2.49.